The van der Waals surface area contributed by atoms with E-state index in [-0.39, 0.29) is 11.3 Å². The number of rotatable bonds is 9. The molecule has 1 heterocycles. The average molecular weight is 637 g/mol. The highest BCUT2D eigenvalue weighted by Crippen LogP contribution is 2.32. The Balaban J connectivity index is 2.00. The maximum absolute atomic E-state index is 15.0. The van der Waals surface area contributed by atoms with Crippen LogP contribution in [-0.2, 0) is 16.6 Å². The van der Waals surface area contributed by atoms with Crippen molar-refractivity contribution in [3.63, 3.8) is 0 Å². The Morgan fingerprint density at radius 2 is 1.75 bits per heavy atom. The molecule has 2 aromatic carbocycles. The highest BCUT2D eigenvalue weighted by Gasteiger charge is 2.24. The highest BCUT2D eigenvalue weighted by atomic mass is 127. The topological polar surface area (TPSA) is 126 Å². The molecule has 1 aromatic heterocycles. The number of carbonyl (C=O) groups is 1. The van der Waals surface area contributed by atoms with Gasteiger partial charge in [0.25, 0.3) is 5.91 Å². The van der Waals surface area contributed by atoms with Crippen molar-refractivity contribution in [1.29, 1.82) is 0 Å². The fraction of sp³-hybridized carbons (Fsp3) is 0.182. The van der Waals surface area contributed by atoms with Gasteiger partial charge < -0.3 is 11.1 Å². The summed E-state index contributed by atoms with van der Waals surface area (Å²) in [6.45, 7) is 3.11. The second kappa shape index (κ2) is 11.0. The molecule has 0 aliphatic carbocycles. The number of hydrogen-bond acceptors (Lipinski definition) is 5. The van der Waals surface area contributed by atoms with E-state index in [1.807, 2.05) is 27.3 Å². The Kier molecular flexibility index (Phi) is 8.40. The number of aromatic nitrogens is 1. The number of hydrogen-bond donors (Lipinski definition) is 4. The molecular formula is C22H20F4IN5O3S. The molecule has 0 bridgehead atoms. The van der Waals surface area contributed by atoms with Crippen LogP contribution in [0, 0.1) is 26.8 Å². The Morgan fingerprint density at radius 3 is 2.36 bits per heavy atom. The fourth-order valence-corrected chi connectivity index (χ4v) is 4.74. The molecule has 0 saturated heterocycles. The second-order valence-corrected chi connectivity index (χ2v) is 10.6. The van der Waals surface area contributed by atoms with E-state index in [0.29, 0.717) is 3.57 Å². The third-order valence-corrected chi connectivity index (χ3v) is 6.63. The van der Waals surface area contributed by atoms with E-state index in [1.54, 1.807) is 13.8 Å². The fourth-order valence-electron chi connectivity index (χ4n) is 3.21. The van der Waals surface area contributed by atoms with Crippen LogP contribution in [-0.4, -0.2) is 25.4 Å². The van der Waals surface area contributed by atoms with Gasteiger partial charge in [-0.1, -0.05) is 0 Å². The van der Waals surface area contributed by atoms with Gasteiger partial charge in [-0.15, -0.1) is 0 Å². The monoisotopic (exact) mass is 637 g/mol. The maximum Gasteiger partial charge on any atom is 0.300 e. The summed E-state index contributed by atoms with van der Waals surface area (Å²) in [6, 6.07) is 5.49. The number of nitrogens with zero attached hydrogens (tertiary/aromatic N) is 1. The van der Waals surface area contributed by atoms with Gasteiger partial charge in [-0.2, -0.15) is 13.1 Å². The van der Waals surface area contributed by atoms with Gasteiger partial charge in [0.05, 0.1) is 16.9 Å². The van der Waals surface area contributed by atoms with E-state index in [2.05, 4.69) is 15.0 Å². The minimum absolute atomic E-state index is 0.226. The molecule has 0 spiro atoms. The van der Waals surface area contributed by atoms with Crippen molar-refractivity contribution in [3.8, 4) is 0 Å². The molecule has 0 saturated carbocycles. The van der Waals surface area contributed by atoms with Crippen molar-refractivity contribution in [2.45, 2.75) is 26.3 Å². The van der Waals surface area contributed by atoms with E-state index in [4.69, 9.17) is 5.73 Å². The lowest BCUT2D eigenvalue weighted by Crippen LogP contribution is -2.35. The molecule has 36 heavy (non-hydrogen) atoms. The molecule has 3 aromatic rings. The summed E-state index contributed by atoms with van der Waals surface area (Å²) in [6.07, 6.45) is 0.492. The van der Waals surface area contributed by atoms with E-state index < -0.39 is 74.5 Å². The van der Waals surface area contributed by atoms with Crippen molar-refractivity contribution in [1.82, 2.24) is 9.71 Å². The zero-order chi connectivity index (χ0) is 26.8. The minimum atomic E-state index is -4.16. The third-order valence-electron chi connectivity index (χ3n) is 4.71. The summed E-state index contributed by atoms with van der Waals surface area (Å²) in [5.41, 5.74) is 3.23. The van der Waals surface area contributed by atoms with Crippen LogP contribution in [0.3, 0.4) is 0 Å². The lowest BCUT2D eigenvalue weighted by atomic mass is 10.00. The zero-order valence-corrected chi connectivity index (χ0v) is 21.8. The standard InChI is InChI=1S/C22H20F4IN5O3S/c1-10(2)31-36(34,35)32-22-18(25)11(5-6-29-22)7-12-8-14(21(28)33)20(19(26)17(12)24)30-16-4-3-13(27)9-15(16)23/h3-6,8-10,30-31H,7H2,1-2H3,(H2,28,33)(H,29,32). The number of amides is 1. The van der Waals surface area contributed by atoms with Gasteiger partial charge in [0.15, 0.2) is 23.3 Å². The third kappa shape index (κ3) is 6.41. The first-order valence-electron chi connectivity index (χ1n) is 10.2. The lowest BCUT2D eigenvalue weighted by Gasteiger charge is -2.16. The molecule has 0 fully saturated rings. The van der Waals surface area contributed by atoms with Crippen molar-refractivity contribution in [3.05, 3.63) is 80.1 Å². The largest absolute Gasteiger partial charge is 0.366 e. The summed E-state index contributed by atoms with van der Waals surface area (Å²) in [5.74, 6) is -6.68. The Morgan fingerprint density at radius 1 is 1.06 bits per heavy atom. The van der Waals surface area contributed by atoms with Crippen LogP contribution >= 0.6 is 22.6 Å². The van der Waals surface area contributed by atoms with E-state index >= 15 is 4.39 Å². The van der Waals surface area contributed by atoms with Crippen molar-refractivity contribution in [2.75, 3.05) is 10.0 Å². The first-order valence-corrected chi connectivity index (χ1v) is 12.8. The smallest absolute Gasteiger partial charge is 0.300 e. The first kappa shape index (κ1) is 27.6. The van der Waals surface area contributed by atoms with Gasteiger partial charge in [-0.25, -0.2) is 22.5 Å². The van der Waals surface area contributed by atoms with Crippen LogP contribution in [0.2, 0.25) is 0 Å². The number of pyridine rings is 1. The van der Waals surface area contributed by atoms with Gasteiger partial charge >= 0.3 is 10.2 Å². The molecule has 1 amide bonds. The van der Waals surface area contributed by atoms with Crippen LogP contribution in [0.15, 0.2) is 36.5 Å². The molecule has 5 N–H and O–H groups in total. The van der Waals surface area contributed by atoms with Crippen LogP contribution in [0.4, 0.5) is 34.8 Å². The molecular weight excluding hydrogens is 617 g/mol. The SMILES string of the molecule is CC(C)NS(=O)(=O)Nc1nccc(Cc2cc(C(N)=O)c(Nc3ccc(I)cc3F)c(F)c2F)c1F. The minimum Gasteiger partial charge on any atom is -0.366 e. The van der Waals surface area contributed by atoms with Gasteiger partial charge in [0, 0.05) is 22.2 Å². The van der Waals surface area contributed by atoms with E-state index in [1.165, 1.54) is 12.1 Å². The number of carbonyl (C=O) groups excluding carboxylic acids is 1. The van der Waals surface area contributed by atoms with Crippen LogP contribution in [0.25, 0.3) is 0 Å². The van der Waals surface area contributed by atoms with Crippen LogP contribution in [0.1, 0.15) is 35.3 Å². The number of primary amides is 1. The Hall–Kier alpha value is -2.98. The molecule has 14 heteroatoms. The summed E-state index contributed by atoms with van der Waals surface area (Å²) in [7, 11) is -4.16. The molecule has 0 radical (unpaired) electrons. The molecule has 0 unspecified atom stereocenters. The average Bonchev–Trinajstić information content (AvgIpc) is 2.76. The predicted molar refractivity (Wildman–Crippen MR) is 135 cm³/mol. The van der Waals surface area contributed by atoms with Crippen LogP contribution < -0.4 is 20.5 Å². The van der Waals surface area contributed by atoms with Gasteiger partial charge in [-0.3, -0.25) is 9.52 Å². The zero-order valence-electron chi connectivity index (χ0n) is 18.8. The number of halogens is 5. The van der Waals surface area contributed by atoms with Crippen LogP contribution in [0.5, 0.6) is 0 Å². The summed E-state index contributed by atoms with van der Waals surface area (Å²) < 4.78 is 88.0. The number of anilines is 3. The van der Waals surface area contributed by atoms with Crippen molar-refractivity contribution < 1.29 is 30.8 Å². The molecule has 8 nitrogen and oxygen atoms in total. The van der Waals surface area contributed by atoms with Crippen molar-refractivity contribution >= 4 is 55.9 Å². The van der Waals surface area contributed by atoms with E-state index in [0.717, 1.165) is 24.4 Å². The number of benzene rings is 2. The highest BCUT2D eigenvalue weighted by molar-refractivity contribution is 14.1. The maximum atomic E-state index is 15.0. The van der Waals surface area contributed by atoms with Gasteiger partial charge in [-0.05, 0) is 77.9 Å². The predicted octanol–water partition coefficient (Wildman–Crippen LogP) is 4.33. The number of nitrogens with one attached hydrogen (secondary N) is 3. The van der Waals surface area contributed by atoms with Gasteiger partial charge in [0.1, 0.15) is 5.82 Å². The molecule has 0 aliphatic rings. The van der Waals surface area contributed by atoms with E-state index in [9.17, 15) is 26.4 Å². The quantitative estimate of drug-likeness (QED) is 0.205. The van der Waals surface area contributed by atoms with Gasteiger partial charge in [0.2, 0.25) is 0 Å². The molecule has 192 valence electrons. The second-order valence-electron chi connectivity index (χ2n) is 7.89. The molecule has 0 aliphatic heterocycles. The first-order chi connectivity index (χ1) is 16.8. The molecule has 3 rings (SSSR count). The normalized spacial score (nSPS) is 11.6. The number of nitrogens with two attached hydrogens (primary N) is 1. The molecule has 0 atom stereocenters. The summed E-state index contributed by atoms with van der Waals surface area (Å²) in [4.78, 5) is 15.7. The van der Waals surface area contributed by atoms with Crippen molar-refractivity contribution in [2.24, 2.45) is 5.73 Å². The summed E-state index contributed by atoms with van der Waals surface area (Å²) >= 11 is 1.86. The Labute approximate surface area is 218 Å². The Bertz CT molecular complexity index is 1440. The lowest BCUT2D eigenvalue weighted by molar-refractivity contribution is 0.100. The summed E-state index contributed by atoms with van der Waals surface area (Å²) in [5, 5.41) is 2.35.